The molecule has 4 nitrogen and oxygen atoms in total. The molecule has 0 radical (unpaired) electrons. The van der Waals surface area contributed by atoms with Crippen molar-refractivity contribution in [2.24, 2.45) is 5.92 Å². The SMILES string of the molecule is OCC(CNc1nc2ccccc2o1)Cc1ccc(F)cc1. The van der Waals surface area contributed by atoms with E-state index in [2.05, 4.69) is 10.3 Å². The predicted octanol–water partition coefficient (Wildman–Crippen LogP) is 3.23. The lowest BCUT2D eigenvalue weighted by Crippen LogP contribution is -2.20. The van der Waals surface area contributed by atoms with Crippen LogP contribution in [0.4, 0.5) is 10.4 Å². The molecule has 0 saturated heterocycles. The lowest BCUT2D eigenvalue weighted by molar-refractivity contribution is 0.232. The van der Waals surface area contributed by atoms with E-state index in [4.69, 9.17) is 4.42 Å². The molecule has 1 heterocycles. The fraction of sp³-hybridized carbons (Fsp3) is 0.235. The molecule has 0 aliphatic heterocycles. The summed E-state index contributed by atoms with van der Waals surface area (Å²) >= 11 is 0. The van der Waals surface area contributed by atoms with Gasteiger partial charge in [-0.2, -0.15) is 4.98 Å². The van der Waals surface area contributed by atoms with Gasteiger partial charge in [-0.3, -0.25) is 0 Å². The number of hydrogen-bond donors (Lipinski definition) is 2. The number of nitrogens with one attached hydrogen (secondary N) is 1. The third kappa shape index (κ3) is 3.43. The molecule has 2 N–H and O–H groups in total. The van der Waals surface area contributed by atoms with Crippen LogP contribution in [0.25, 0.3) is 11.1 Å². The third-order valence-electron chi connectivity index (χ3n) is 3.53. The lowest BCUT2D eigenvalue weighted by Gasteiger charge is -2.14. The fourth-order valence-electron chi connectivity index (χ4n) is 2.33. The van der Waals surface area contributed by atoms with Gasteiger partial charge in [-0.15, -0.1) is 0 Å². The normalized spacial score (nSPS) is 12.5. The first-order valence-corrected chi connectivity index (χ1v) is 7.19. The number of para-hydroxylation sites is 2. The Hall–Kier alpha value is -2.40. The van der Waals surface area contributed by atoms with Gasteiger partial charge in [-0.05, 0) is 36.2 Å². The lowest BCUT2D eigenvalue weighted by atomic mass is 10.00. The number of anilines is 1. The molecule has 3 rings (SSSR count). The average Bonchev–Trinajstić information content (AvgIpc) is 2.96. The van der Waals surface area contributed by atoms with E-state index in [0.29, 0.717) is 19.0 Å². The summed E-state index contributed by atoms with van der Waals surface area (Å²) in [6.45, 7) is 0.561. The Balaban J connectivity index is 1.61. The summed E-state index contributed by atoms with van der Waals surface area (Å²) in [7, 11) is 0. The van der Waals surface area contributed by atoms with Crippen LogP contribution in [0.2, 0.25) is 0 Å². The largest absolute Gasteiger partial charge is 0.424 e. The second kappa shape index (κ2) is 6.58. The maximum absolute atomic E-state index is 12.9. The molecule has 2 aromatic carbocycles. The minimum atomic E-state index is -0.256. The number of aliphatic hydroxyl groups excluding tert-OH is 1. The van der Waals surface area contributed by atoms with Crippen molar-refractivity contribution < 1.29 is 13.9 Å². The highest BCUT2D eigenvalue weighted by molar-refractivity contribution is 5.74. The van der Waals surface area contributed by atoms with Crippen LogP contribution in [0.15, 0.2) is 52.9 Å². The number of rotatable bonds is 6. The molecule has 0 saturated carbocycles. The van der Waals surface area contributed by atoms with Crippen molar-refractivity contribution in [2.45, 2.75) is 6.42 Å². The Morgan fingerprint density at radius 1 is 1.14 bits per heavy atom. The smallest absolute Gasteiger partial charge is 0.295 e. The molecule has 0 spiro atoms. The molecule has 0 aliphatic rings. The maximum Gasteiger partial charge on any atom is 0.295 e. The Morgan fingerprint density at radius 3 is 2.64 bits per heavy atom. The third-order valence-corrected chi connectivity index (χ3v) is 3.53. The molecule has 22 heavy (non-hydrogen) atoms. The van der Waals surface area contributed by atoms with Crippen LogP contribution in [-0.4, -0.2) is 23.2 Å². The van der Waals surface area contributed by atoms with Gasteiger partial charge in [0, 0.05) is 19.1 Å². The van der Waals surface area contributed by atoms with Gasteiger partial charge in [-0.25, -0.2) is 4.39 Å². The molecule has 1 atom stereocenters. The second-order valence-corrected chi connectivity index (χ2v) is 5.25. The van der Waals surface area contributed by atoms with Crippen LogP contribution in [0, 0.1) is 11.7 Å². The van der Waals surface area contributed by atoms with E-state index >= 15 is 0 Å². The van der Waals surface area contributed by atoms with Crippen LogP contribution in [0.5, 0.6) is 0 Å². The van der Waals surface area contributed by atoms with Crippen LogP contribution in [0.3, 0.4) is 0 Å². The predicted molar refractivity (Wildman–Crippen MR) is 83.2 cm³/mol. The number of aromatic nitrogens is 1. The number of oxazole rings is 1. The molecular weight excluding hydrogens is 283 g/mol. The number of hydrogen-bond acceptors (Lipinski definition) is 4. The first kappa shape index (κ1) is 14.5. The van der Waals surface area contributed by atoms with Crippen molar-refractivity contribution in [3.8, 4) is 0 Å². The first-order valence-electron chi connectivity index (χ1n) is 7.19. The number of nitrogens with zero attached hydrogens (tertiary/aromatic N) is 1. The monoisotopic (exact) mass is 300 g/mol. The Kier molecular flexibility index (Phi) is 4.34. The Labute approximate surface area is 127 Å². The van der Waals surface area contributed by atoms with Crippen molar-refractivity contribution in [1.82, 2.24) is 4.98 Å². The summed E-state index contributed by atoms with van der Waals surface area (Å²) in [5.41, 5.74) is 2.51. The van der Waals surface area contributed by atoms with E-state index in [1.54, 1.807) is 12.1 Å². The summed E-state index contributed by atoms with van der Waals surface area (Å²) in [5.74, 6) is -0.255. The number of halogens is 1. The number of aliphatic hydroxyl groups is 1. The molecule has 1 aromatic heterocycles. The van der Waals surface area contributed by atoms with Crippen molar-refractivity contribution in [2.75, 3.05) is 18.5 Å². The standard InChI is InChI=1S/C17H17FN2O2/c18-14-7-5-12(6-8-14)9-13(11-21)10-19-17-20-15-3-1-2-4-16(15)22-17/h1-8,13,21H,9-11H2,(H,19,20). The van der Waals surface area contributed by atoms with E-state index < -0.39 is 0 Å². The zero-order valence-corrected chi connectivity index (χ0v) is 12.0. The quantitative estimate of drug-likeness (QED) is 0.734. The Morgan fingerprint density at radius 2 is 1.91 bits per heavy atom. The van der Waals surface area contributed by atoms with Gasteiger partial charge in [0.2, 0.25) is 0 Å². The summed E-state index contributed by atoms with van der Waals surface area (Å²) < 4.78 is 18.5. The summed E-state index contributed by atoms with van der Waals surface area (Å²) in [4.78, 5) is 4.33. The molecular formula is C17H17FN2O2. The van der Waals surface area contributed by atoms with Crippen LogP contribution in [0.1, 0.15) is 5.56 Å². The van der Waals surface area contributed by atoms with Crippen molar-refractivity contribution in [1.29, 1.82) is 0 Å². The van der Waals surface area contributed by atoms with Crippen molar-refractivity contribution in [3.05, 3.63) is 59.9 Å². The van der Waals surface area contributed by atoms with Gasteiger partial charge >= 0.3 is 0 Å². The van der Waals surface area contributed by atoms with E-state index in [-0.39, 0.29) is 18.3 Å². The molecule has 3 aromatic rings. The zero-order chi connectivity index (χ0) is 15.4. The van der Waals surface area contributed by atoms with Gasteiger partial charge in [0.1, 0.15) is 11.3 Å². The highest BCUT2D eigenvalue weighted by Gasteiger charge is 2.11. The van der Waals surface area contributed by atoms with Crippen LogP contribution < -0.4 is 5.32 Å². The van der Waals surface area contributed by atoms with Gasteiger partial charge in [-0.1, -0.05) is 24.3 Å². The van der Waals surface area contributed by atoms with Crippen molar-refractivity contribution in [3.63, 3.8) is 0 Å². The van der Waals surface area contributed by atoms with Gasteiger partial charge < -0.3 is 14.8 Å². The minimum absolute atomic E-state index is 0.000438. The maximum atomic E-state index is 12.9. The second-order valence-electron chi connectivity index (χ2n) is 5.25. The number of fused-ring (bicyclic) bond motifs is 1. The highest BCUT2D eigenvalue weighted by atomic mass is 19.1. The summed E-state index contributed by atoms with van der Waals surface area (Å²) in [5, 5.41) is 12.6. The first-order chi connectivity index (χ1) is 10.7. The van der Waals surface area contributed by atoms with Gasteiger partial charge in [0.05, 0.1) is 0 Å². The average molecular weight is 300 g/mol. The van der Waals surface area contributed by atoms with E-state index in [1.165, 1.54) is 12.1 Å². The van der Waals surface area contributed by atoms with Gasteiger partial charge in [0.25, 0.3) is 6.01 Å². The highest BCUT2D eigenvalue weighted by Crippen LogP contribution is 2.18. The van der Waals surface area contributed by atoms with E-state index in [0.717, 1.165) is 16.7 Å². The molecule has 0 aliphatic carbocycles. The summed E-state index contributed by atoms with van der Waals surface area (Å²) in [6, 6.07) is 14.3. The van der Waals surface area contributed by atoms with Crippen molar-refractivity contribution >= 4 is 17.1 Å². The minimum Gasteiger partial charge on any atom is -0.424 e. The summed E-state index contributed by atoms with van der Waals surface area (Å²) in [6.07, 6.45) is 0.657. The van der Waals surface area contributed by atoms with Crippen LogP contribution >= 0.6 is 0 Å². The molecule has 5 heteroatoms. The molecule has 1 unspecified atom stereocenters. The Bertz CT molecular complexity index is 707. The van der Waals surface area contributed by atoms with Gasteiger partial charge in [0.15, 0.2) is 5.58 Å². The van der Waals surface area contributed by atoms with E-state index in [9.17, 15) is 9.50 Å². The fourth-order valence-corrected chi connectivity index (χ4v) is 2.33. The number of benzene rings is 2. The molecule has 0 fully saturated rings. The molecule has 0 bridgehead atoms. The topological polar surface area (TPSA) is 58.3 Å². The molecule has 114 valence electrons. The molecule has 0 amide bonds. The van der Waals surface area contributed by atoms with E-state index in [1.807, 2.05) is 24.3 Å². The van der Waals surface area contributed by atoms with Crippen LogP contribution in [-0.2, 0) is 6.42 Å². The zero-order valence-electron chi connectivity index (χ0n) is 12.0.